The average Bonchev–Trinajstić information content (AvgIpc) is 2.68. The first-order valence-electron chi connectivity index (χ1n) is 6.24. The van der Waals surface area contributed by atoms with Crippen LogP contribution in [0.5, 0.6) is 0 Å². The zero-order valence-corrected chi connectivity index (χ0v) is 11.3. The molecule has 0 amide bonds. The number of anilines is 1. The minimum absolute atomic E-state index is 0.00279. The summed E-state index contributed by atoms with van der Waals surface area (Å²) >= 11 is 0. The second kappa shape index (κ2) is 4.87. The summed E-state index contributed by atoms with van der Waals surface area (Å²) < 4.78 is 5.51. The molecule has 0 saturated carbocycles. The molecule has 0 unspecified atom stereocenters. The van der Waals surface area contributed by atoms with E-state index in [0.717, 1.165) is 12.8 Å². The molecule has 102 valence electrons. The van der Waals surface area contributed by atoms with Gasteiger partial charge in [0.25, 0.3) is 11.7 Å². The van der Waals surface area contributed by atoms with E-state index in [2.05, 4.69) is 31.1 Å². The molecular formula is C13H17N3O3. The second-order valence-electron chi connectivity index (χ2n) is 5.19. The number of benzene rings is 1. The van der Waals surface area contributed by atoms with Crippen LogP contribution in [0, 0.1) is 10.1 Å². The minimum Gasteiger partial charge on any atom is -0.423 e. The maximum atomic E-state index is 10.7. The fourth-order valence-electron chi connectivity index (χ4n) is 2.06. The molecule has 0 aliphatic carbocycles. The van der Waals surface area contributed by atoms with Crippen LogP contribution in [0.25, 0.3) is 11.1 Å². The van der Waals surface area contributed by atoms with Crippen molar-refractivity contribution in [2.75, 3.05) is 5.32 Å². The SMILES string of the molecule is CCCC(C)(C)Nc1nc2ccc([N+](=O)[O-])cc2o1. The summed E-state index contributed by atoms with van der Waals surface area (Å²) in [6.45, 7) is 6.24. The van der Waals surface area contributed by atoms with Gasteiger partial charge in [0.15, 0.2) is 5.58 Å². The molecule has 1 heterocycles. The van der Waals surface area contributed by atoms with Gasteiger partial charge in [-0.25, -0.2) is 0 Å². The number of nitrogens with zero attached hydrogens (tertiary/aromatic N) is 2. The van der Waals surface area contributed by atoms with Crippen molar-refractivity contribution in [1.29, 1.82) is 0 Å². The molecule has 19 heavy (non-hydrogen) atoms. The minimum atomic E-state index is -0.448. The molecule has 1 aromatic carbocycles. The lowest BCUT2D eigenvalue weighted by atomic mass is 9.99. The largest absolute Gasteiger partial charge is 0.423 e. The zero-order valence-electron chi connectivity index (χ0n) is 11.3. The number of nitrogens with one attached hydrogen (secondary N) is 1. The molecule has 0 spiro atoms. The van der Waals surface area contributed by atoms with E-state index in [1.54, 1.807) is 6.07 Å². The van der Waals surface area contributed by atoms with E-state index in [1.807, 2.05) is 0 Å². The van der Waals surface area contributed by atoms with Crippen molar-refractivity contribution in [2.45, 2.75) is 39.2 Å². The summed E-state index contributed by atoms with van der Waals surface area (Å²) in [5.74, 6) is 0. The van der Waals surface area contributed by atoms with Gasteiger partial charge in [-0.2, -0.15) is 4.98 Å². The monoisotopic (exact) mass is 263 g/mol. The molecule has 1 aromatic heterocycles. The van der Waals surface area contributed by atoms with Crippen LogP contribution in [0.3, 0.4) is 0 Å². The Morgan fingerprint density at radius 3 is 2.84 bits per heavy atom. The Kier molecular flexibility index (Phi) is 3.42. The molecular weight excluding hydrogens is 246 g/mol. The third-order valence-corrected chi connectivity index (χ3v) is 2.90. The first-order valence-corrected chi connectivity index (χ1v) is 6.24. The fourth-order valence-corrected chi connectivity index (χ4v) is 2.06. The number of hydrogen-bond acceptors (Lipinski definition) is 5. The number of aromatic nitrogens is 1. The maximum Gasteiger partial charge on any atom is 0.296 e. The first kappa shape index (κ1) is 13.3. The molecule has 0 fully saturated rings. The van der Waals surface area contributed by atoms with Gasteiger partial charge in [0.1, 0.15) is 5.52 Å². The van der Waals surface area contributed by atoms with Gasteiger partial charge in [-0.3, -0.25) is 10.1 Å². The van der Waals surface area contributed by atoms with Gasteiger partial charge >= 0.3 is 0 Å². The van der Waals surface area contributed by atoms with E-state index in [0.29, 0.717) is 17.1 Å². The van der Waals surface area contributed by atoms with Gasteiger partial charge in [0.2, 0.25) is 0 Å². The van der Waals surface area contributed by atoms with E-state index in [-0.39, 0.29) is 11.2 Å². The van der Waals surface area contributed by atoms with Crippen molar-refractivity contribution in [2.24, 2.45) is 0 Å². The smallest absolute Gasteiger partial charge is 0.296 e. The highest BCUT2D eigenvalue weighted by atomic mass is 16.6. The van der Waals surface area contributed by atoms with Gasteiger partial charge in [-0.1, -0.05) is 13.3 Å². The number of nitro benzene ring substituents is 1. The number of non-ortho nitro benzene ring substituents is 1. The third-order valence-electron chi connectivity index (χ3n) is 2.90. The predicted octanol–water partition coefficient (Wildman–Crippen LogP) is 3.73. The summed E-state index contributed by atoms with van der Waals surface area (Å²) in [6, 6.07) is 4.80. The van der Waals surface area contributed by atoms with Gasteiger partial charge < -0.3 is 9.73 Å². The number of fused-ring (bicyclic) bond motifs is 1. The van der Waals surface area contributed by atoms with E-state index in [1.165, 1.54) is 12.1 Å². The van der Waals surface area contributed by atoms with Crippen molar-refractivity contribution in [3.05, 3.63) is 28.3 Å². The molecule has 0 aliphatic heterocycles. The van der Waals surface area contributed by atoms with Crippen LogP contribution in [-0.4, -0.2) is 15.4 Å². The normalized spacial score (nSPS) is 11.7. The summed E-state index contributed by atoms with van der Waals surface area (Å²) in [7, 11) is 0. The Bertz CT molecular complexity index is 604. The second-order valence-corrected chi connectivity index (χ2v) is 5.19. The van der Waals surface area contributed by atoms with Gasteiger partial charge in [0, 0.05) is 11.6 Å². The topological polar surface area (TPSA) is 81.2 Å². The number of oxazole rings is 1. The van der Waals surface area contributed by atoms with Crippen LogP contribution in [0.4, 0.5) is 11.7 Å². The van der Waals surface area contributed by atoms with E-state index in [4.69, 9.17) is 4.42 Å². The lowest BCUT2D eigenvalue weighted by Crippen LogP contribution is -2.30. The molecule has 0 atom stereocenters. The molecule has 6 heteroatoms. The van der Waals surface area contributed by atoms with Gasteiger partial charge in [-0.05, 0) is 26.3 Å². The summed E-state index contributed by atoms with van der Waals surface area (Å²) in [5, 5.41) is 13.9. The van der Waals surface area contributed by atoms with Crippen LogP contribution in [0.2, 0.25) is 0 Å². The highest BCUT2D eigenvalue weighted by molar-refractivity contribution is 5.77. The third kappa shape index (κ3) is 3.01. The molecule has 0 bridgehead atoms. The van der Waals surface area contributed by atoms with Crippen molar-refractivity contribution >= 4 is 22.8 Å². The van der Waals surface area contributed by atoms with Crippen LogP contribution in [0.15, 0.2) is 22.6 Å². The molecule has 1 N–H and O–H groups in total. The zero-order chi connectivity index (χ0) is 14.0. The van der Waals surface area contributed by atoms with Crippen molar-refractivity contribution in [1.82, 2.24) is 4.98 Å². The molecule has 2 aromatic rings. The quantitative estimate of drug-likeness (QED) is 0.656. The van der Waals surface area contributed by atoms with Crippen molar-refractivity contribution in [3.63, 3.8) is 0 Å². The fraction of sp³-hybridized carbons (Fsp3) is 0.462. The molecule has 0 radical (unpaired) electrons. The van der Waals surface area contributed by atoms with Crippen LogP contribution in [0.1, 0.15) is 33.6 Å². The van der Waals surface area contributed by atoms with Gasteiger partial charge in [-0.15, -0.1) is 0 Å². The standard InChI is InChI=1S/C13H17N3O3/c1-4-7-13(2,3)15-12-14-10-6-5-9(16(17)18)8-11(10)19-12/h5-6,8H,4,7H2,1-3H3,(H,14,15). The average molecular weight is 263 g/mol. The van der Waals surface area contributed by atoms with Crippen LogP contribution < -0.4 is 5.32 Å². The molecule has 2 rings (SSSR count). The Balaban J connectivity index is 2.29. The highest BCUT2D eigenvalue weighted by Gasteiger charge is 2.19. The van der Waals surface area contributed by atoms with E-state index in [9.17, 15) is 10.1 Å². The summed E-state index contributed by atoms with van der Waals surface area (Å²) in [6.07, 6.45) is 2.03. The van der Waals surface area contributed by atoms with Crippen LogP contribution in [-0.2, 0) is 0 Å². The number of nitro groups is 1. The summed E-state index contributed by atoms with van der Waals surface area (Å²) in [5.41, 5.74) is 0.911. The molecule has 0 saturated heterocycles. The Hall–Kier alpha value is -2.11. The van der Waals surface area contributed by atoms with E-state index >= 15 is 0 Å². The molecule has 6 nitrogen and oxygen atoms in total. The number of rotatable bonds is 5. The maximum absolute atomic E-state index is 10.7. The summed E-state index contributed by atoms with van der Waals surface area (Å²) in [4.78, 5) is 14.5. The molecule has 0 aliphatic rings. The lowest BCUT2D eigenvalue weighted by molar-refractivity contribution is -0.384. The Morgan fingerprint density at radius 1 is 1.47 bits per heavy atom. The lowest BCUT2D eigenvalue weighted by Gasteiger charge is -2.24. The van der Waals surface area contributed by atoms with Gasteiger partial charge in [0.05, 0.1) is 11.0 Å². The van der Waals surface area contributed by atoms with E-state index < -0.39 is 4.92 Å². The Labute approximate surface area is 111 Å². The Morgan fingerprint density at radius 2 is 2.21 bits per heavy atom. The number of hydrogen-bond donors (Lipinski definition) is 1. The first-order chi connectivity index (χ1) is 8.91. The van der Waals surface area contributed by atoms with Crippen molar-refractivity contribution < 1.29 is 9.34 Å². The van der Waals surface area contributed by atoms with Crippen LogP contribution >= 0.6 is 0 Å². The van der Waals surface area contributed by atoms with Crippen molar-refractivity contribution in [3.8, 4) is 0 Å². The predicted molar refractivity (Wildman–Crippen MR) is 73.3 cm³/mol. The highest BCUT2D eigenvalue weighted by Crippen LogP contribution is 2.26.